The molecule has 0 aliphatic carbocycles. The Morgan fingerprint density at radius 1 is 1.00 bits per heavy atom. The van der Waals surface area contributed by atoms with Crippen LogP contribution in [0, 0.1) is 0 Å². The molecule has 24 heavy (non-hydrogen) atoms. The van der Waals surface area contributed by atoms with E-state index in [1.54, 1.807) is 12.1 Å². The van der Waals surface area contributed by atoms with Crippen LogP contribution in [0.1, 0.15) is 19.9 Å². The molecule has 2 heterocycles. The second-order valence-electron chi connectivity index (χ2n) is 5.76. The zero-order valence-corrected chi connectivity index (χ0v) is 14.0. The van der Waals surface area contributed by atoms with Crippen LogP contribution in [-0.4, -0.2) is 30.3 Å². The smallest absolute Gasteiger partial charge is 0.151 e. The van der Waals surface area contributed by atoms with Crippen LogP contribution in [0.15, 0.2) is 42.5 Å². The second kappa shape index (κ2) is 5.68. The van der Waals surface area contributed by atoms with E-state index in [1.807, 2.05) is 35.0 Å². The summed E-state index contributed by atoms with van der Waals surface area (Å²) in [4.78, 5) is 0. The quantitative estimate of drug-likeness (QED) is 0.613. The van der Waals surface area contributed by atoms with E-state index in [0.717, 1.165) is 21.6 Å². The highest BCUT2D eigenvalue weighted by Crippen LogP contribution is 2.35. The summed E-state index contributed by atoms with van der Waals surface area (Å²) in [5.41, 5.74) is 3.46. The number of aromatic hydroxyl groups is 1. The van der Waals surface area contributed by atoms with E-state index in [2.05, 4.69) is 34.4 Å². The molecular weight excluding hydrogens is 322 g/mol. The van der Waals surface area contributed by atoms with Crippen LogP contribution in [0.4, 0.5) is 0 Å². The number of hydrogen-bond donors (Lipinski definition) is 1. The standard InChI is InChI=1S/C17H15N5OS/c1-10(2)22-14-8-7-11(9-13(14)18-21-22)16-19-20-17(24-16)12-5-3-4-6-15(12)23/h3-10,23H,1-2H3. The van der Waals surface area contributed by atoms with Gasteiger partial charge in [0.2, 0.25) is 0 Å². The van der Waals surface area contributed by atoms with Crippen LogP contribution in [0.2, 0.25) is 0 Å². The van der Waals surface area contributed by atoms with Gasteiger partial charge in [0, 0.05) is 11.6 Å². The van der Waals surface area contributed by atoms with E-state index in [9.17, 15) is 5.11 Å². The first kappa shape index (κ1) is 14.8. The zero-order chi connectivity index (χ0) is 16.7. The van der Waals surface area contributed by atoms with Crippen molar-refractivity contribution in [1.29, 1.82) is 0 Å². The molecule has 0 radical (unpaired) electrons. The Morgan fingerprint density at radius 3 is 2.58 bits per heavy atom. The highest BCUT2D eigenvalue weighted by Gasteiger charge is 2.14. The highest BCUT2D eigenvalue weighted by atomic mass is 32.1. The number of hydrogen-bond acceptors (Lipinski definition) is 6. The van der Waals surface area contributed by atoms with Gasteiger partial charge in [0.25, 0.3) is 0 Å². The predicted molar refractivity (Wildman–Crippen MR) is 93.9 cm³/mol. The van der Waals surface area contributed by atoms with Gasteiger partial charge in [-0.05, 0) is 44.2 Å². The Labute approximate surface area is 142 Å². The molecule has 0 saturated carbocycles. The molecule has 0 atom stereocenters. The molecule has 0 unspecified atom stereocenters. The Balaban J connectivity index is 1.75. The second-order valence-corrected chi connectivity index (χ2v) is 6.74. The Kier molecular flexibility index (Phi) is 3.50. The summed E-state index contributed by atoms with van der Waals surface area (Å²) >= 11 is 1.44. The molecule has 7 heteroatoms. The van der Waals surface area contributed by atoms with E-state index in [1.165, 1.54) is 11.3 Å². The third-order valence-electron chi connectivity index (χ3n) is 3.77. The number of benzene rings is 2. The van der Waals surface area contributed by atoms with Crippen molar-refractivity contribution in [3.05, 3.63) is 42.5 Å². The van der Waals surface area contributed by atoms with Crippen LogP contribution in [0.3, 0.4) is 0 Å². The average molecular weight is 337 g/mol. The van der Waals surface area contributed by atoms with E-state index < -0.39 is 0 Å². The lowest BCUT2D eigenvalue weighted by Gasteiger charge is -2.05. The third-order valence-corrected chi connectivity index (χ3v) is 4.77. The lowest BCUT2D eigenvalue weighted by atomic mass is 10.2. The van der Waals surface area contributed by atoms with Crippen molar-refractivity contribution >= 4 is 22.4 Å². The van der Waals surface area contributed by atoms with Gasteiger partial charge in [-0.15, -0.1) is 15.3 Å². The number of phenolic OH excluding ortho intramolecular Hbond substituents is 1. The number of fused-ring (bicyclic) bond motifs is 1. The lowest BCUT2D eigenvalue weighted by Crippen LogP contribution is -2.02. The summed E-state index contributed by atoms with van der Waals surface area (Å²) in [6.07, 6.45) is 0. The van der Waals surface area contributed by atoms with Crippen molar-refractivity contribution in [1.82, 2.24) is 25.2 Å². The molecule has 0 aliphatic heterocycles. The summed E-state index contributed by atoms with van der Waals surface area (Å²) < 4.78 is 1.90. The minimum atomic E-state index is 0.204. The van der Waals surface area contributed by atoms with Gasteiger partial charge in [0.05, 0.1) is 11.1 Å². The topological polar surface area (TPSA) is 76.7 Å². The number of para-hydroxylation sites is 1. The summed E-state index contributed by atoms with van der Waals surface area (Å²) in [5.74, 6) is 0.204. The Bertz CT molecular complexity index is 1020. The molecule has 0 fully saturated rings. The molecule has 4 rings (SSSR count). The van der Waals surface area contributed by atoms with Gasteiger partial charge in [-0.25, -0.2) is 4.68 Å². The average Bonchev–Trinajstić information content (AvgIpc) is 3.21. The number of rotatable bonds is 3. The molecule has 0 spiro atoms. The predicted octanol–water partition coefficient (Wildman–Crippen LogP) is 3.90. The van der Waals surface area contributed by atoms with Gasteiger partial charge in [-0.3, -0.25) is 0 Å². The molecule has 0 amide bonds. The Morgan fingerprint density at radius 2 is 1.79 bits per heavy atom. The molecule has 2 aromatic heterocycles. The number of phenols is 1. The molecule has 4 aromatic rings. The monoisotopic (exact) mass is 337 g/mol. The van der Waals surface area contributed by atoms with E-state index in [4.69, 9.17) is 0 Å². The molecule has 2 aromatic carbocycles. The maximum Gasteiger partial charge on any atom is 0.151 e. The van der Waals surface area contributed by atoms with Crippen LogP contribution >= 0.6 is 11.3 Å². The van der Waals surface area contributed by atoms with Crippen LogP contribution in [0.25, 0.3) is 32.2 Å². The SMILES string of the molecule is CC(C)n1nnc2cc(-c3nnc(-c4ccccc4O)s3)ccc21. The fraction of sp³-hybridized carbons (Fsp3) is 0.176. The van der Waals surface area contributed by atoms with Gasteiger partial charge in [0.15, 0.2) is 5.01 Å². The summed E-state index contributed by atoms with van der Waals surface area (Å²) in [6.45, 7) is 4.15. The van der Waals surface area contributed by atoms with Crippen molar-refractivity contribution in [2.45, 2.75) is 19.9 Å². The molecule has 0 bridgehead atoms. The molecule has 6 nitrogen and oxygen atoms in total. The zero-order valence-electron chi connectivity index (χ0n) is 13.2. The maximum absolute atomic E-state index is 9.96. The van der Waals surface area contributed by atoms with Crippen LogP contribution in [0.5, 0.6) is 5.75 Å². The molecule has 120 valence electrons. The van der Waals surface area contributed by atoms with Crippen molar-refractivity contribution in [3.63, 3.8) is 0 Å². The van der Waals surface area contributed by atoms with Gasteiger partial charge >= 0.3 is 0 Å². The van der Waals surface area contributed by atoms with Crippen molar-refractivity contribution in [3.8, 4) is 26.9 Å². The molecule has 0 aliphatic rings. The normalized spacial score (nSPS) is 11.5. The summed E-state index contributed by atoms with van der Waals surface area (Å²) in [7, 11) is 0. The third kappa shape index (κ3) is 2.43. The van der Waals surface area contributed by atoms with Crippen molar-refractivity contribution in [2.75, 3.05) is 0 Å². The minimum Gasteiger partial charge on any atom is -0.507 e. The first-order chi connectivity index (χ1) is 11.6. The molecule has 0 saturated heterocycles. The van der Waals surface area contributed by atoms with Crippen molar-refractivity contribution < 1.29 is 5.11 Å². The fourth-order valence-corrected chi connectivity index (χ4v) is 3.43. The fourth-order valence-electron chi connectivity index (χ4n) is 2.56. The largest absolute Gasteiger partial charge is 0.507 e. The summed E-state index contributed by atoms with van der Waals surface area (Å²) in [6, 6.07) is 13.4. The van der Waals surface area contributed by atoms with E-state index >= 15 is 0 Å². The van der Waals surface area contributed by atoms with Gasteiger partial charge in [-0.1, -0.05) is 28.7 Å². The maximum atomic E-state index is 9.96. The van der Waals surface area contributed by atoms with E-state index in [0.29, 0.717) is 10.6 Å². The Hall–Kier alpha value is -2.80. The van der Waals surface area contributed by atoms with Crippen LogP contribution < -0.4 is 0 Å². The molecule has 1 N–H and O–H groups in total. The minimum absolute atomic E-state index is 0.204. The highest BCUT2D eigenvalue weighted by molar-refractivity contribution is 7.18. The van der Waals surface area contributed by atoms with Gasteiger partial charge in [0.1, 0.15) is 16.3 Å². The van der Waals surface area contributed by atoms with E-state index in [-0.39, 0.29) is 11.8 Å². The van der Waals surface area contributed by atoms with Gasteiger partial charge < -0.3 is 5.11 Å². The first-order valence-electron chi connectivity index (χ1n) is 7.60. The summed E-state index contributed by atoms with van der Waals surface area (Å²) in [5, 5.41) is 28.3. The van der Waals surface area contributed by atoms with Crippen LogP contribution in [-0.2, 0) is 0 Å². The first-order valence-corrected chi connectivity index (χ1v) is 8.42. The lowest BCUT2D eigenvalue weighted by molar-refractivity contribution is 0.477. The number of aromatic nitrogens is 5. The number of nitrogens with zero attached hydrogens (tertiary/aromatic N) is 5. The molecular formula is C17H15N5OS. The van der Waals surface area contributed by atoms with Gasteiger partial charge in [-0.2, -0.15) is 0 Å². The van der Waals surface area contributed by atoms with Crippen molar-refractivity contribution in [2.24, 2.45) is 0 Å².